The predicted octanol–water partition coefficient (Wildman–Crippen LogP) is 2.64. The molecule has 4 bridgehead atoms. The first kappa shape index (κ1) is 14.4. The van der Waals surface area contributed by atoms with Gasteiger partial charge in [0.05, 0.1) is 0 Å². The van der Waals surface area contributed by atoms with Crippen LogP contribution in [0.1, 0.15) is 44.9 Å². The Labute approximate surface area is 116 Å². The van der Waals surface area contributed by atoms with Crippen LogP contribution in [-0.2, 0) is 14.9 Å². The van der Waals surface area contributed by atoms with Gasteiger partial charge in [0.2, 0.25) is 0 Å². The number of rotatable bonds is 4. The van der Waals surface area contributed by atoms with Gasteiger partial charge < -0.3 is 0 Å². The van der Waals surface area contributed by atoms with Crippen LogP contribution in [0.2, 0.25) is 0 Å². The molecule has 4 saturated carbocycles. The fraction of sp³-hybridized carbons (Fsp3) is 0.923. The Morgan fingerprint density at radius 3 is 2.25 bits per heavy atom. The van der Waals surface area contributed by atoms with Crippen molar-refractivity contribution in [3.8, 4) is 0 Å². The van der Waals surface area contributed by atoms with E-state index in [1.165, 1.54) is 0 Å². The summed E-state index contributed by atoms with van der Waals surface area (Å²) in [5, 5.41) is -4.08. The standard InChI is InChI=1S/C13H18F2O4S/c14-13(15,20(17,18)19)2-1-12-5-8-3-9(6-12)11(16)10(4-8)7-12/h8-10H,1-7H2,(H,17,18,19). The summed E-state index contributed by atoms with van der Waals surface area (Å²) in [6.45, 7) is 0. The van der Waals surface area contributed by atoms with Gasteiger partial charge in [-0.3, -0.25) is 9.35 Å². The first-order valence-corrected chi connectivity index (χ1v) is 8.45. The van der Waals surface area contributed by atoms with Gasteiger partial charge in [-0.25, -0.2) is 0 Å². The van der Waals surface area contributed by atoms with Crippen molar-refractivity contribution in [3.05, 3.63) is 0 Å². The third kappa shape index (κ3) is 2.19. The van der Waals surface area contributed by atoms with Gasteiger partial charge in [-0.05, 0) is 49.9 Å². The highest BCUT2D eigenvalue weighted by Crippen LogP contribution is 2.60. The van der Waals surface area contributed by atoms with E-state index in [-0.39, 0.29) is 29.5 Å². The molecule has 0 aromatic heterocycles. The molecule has 0 spiro atoms. The maximum Gasteiger partial charge on any atom is 0.370 e. The molecule has 2 unspecified atom stereocenters. The van der Waals surface area contributed by atoms with E-state index in [2.05, 4.69) is 0 Å². The van der Waals surface area contributed by atoms with Gasteiger partial charge in [0.15, 0.2) is 0 Å². The number of carbonyl (C=O) groups excluding carboxylic acids is 1. The zero-order valence-electron chi connectivity index (χ0n) is 11.0. The van der Waals surface area contributed by atoms with Crippen LogP contribution in [0.3, 0.4) is 0 Å². The van der Waals surface area contributed by atoms with Crippen molar-refractivity contribution in [2.24, 2.45) is 23.2 Å². The van der Waals surface area contributed by atoms with E-state index >= 15 is 0 Å². The highest BCUT2D eigenvalue weighted by molar-refractivity contribution is 7.86. The molecule has 4 aliphatic rings. The van der Waals surface area contributed by atoms with Crippen molar-refractivity contribution in [1.82, 2.24) is 0 Å². The van der Waals surface area contributed by atoms with E-state index in [0.717, 1.165) is 19.3 Å². The summed E-state index contributed by atoms with van der Waals surface area (Å²) in [6.07, 6.45) is 2.98. The Balaban J connectivity index is 1.74. The summed E-state index contributed by atoms with van der Waals surface area (Å²) in [5.74, 6) is 0.670. The zero-order chi connectivity index (χ0) is 14.8. The normalized spacial score (nSPS) is 40.4. The van der Waals surface area contributed by atoms with Crippen LogP contribution >= 0.6 is 0 Å². The van der Waals surface area contributed by atoms with Gasteiger partial charge in [0.25, 0.3) is 0 Å². The first-order chi connectivity index (χ1) is 9.12. The number of hydrogen-bond donors (Lipinski definition) is 1. The van der Waals surface area contributed by atoms with Crippen LogP contribution in [0.4, 0.5) is 8.78 Å². The van der Waals surface area contributed by atoms with Gasteiger partial charge in [-0.15, -0.1) is 0 Å². The van der Waals surface area contributed by atoms with Crippen LogP contribution in [0, 0.1) is 23.2 Å². The molecule has 4 rings (SSSR count). The summed E-state index contributed by atoms with van der Waals surface area (Å²) in [6, 6.07) is 0. The molecule has 0 saturated heterocycles. The lowest BCUT2D eigenvalue weighted by Gasteiger charge is -2.56. The molecule has 0 aromatic carbocycles. The molecular formula is C13H18F2O4S. The molecule has 1 N–H and O–H groups in total. The first-order valence-electron chi connectivity index (χ1n) is 7.00. The highest BCUT2D eigenvalue weighted by Gasteiger charge is 2.56. The molecule has 4 nitrogen and oxygen atoms in total. The fourth-order valence-electron chi connectivity index (χ4n) is 4.75. The lowest BCUT2D eigenvalue weighted by Crippen LogP contribution is -2.51. The molecule has 0 radical (unpaired) electrons. The SMILES string of the molecule is O=C1C2CC3CC1CC(CCC(F)(F)S(=O)(=O)O)(C3)C2. The van der Waals surface area contributed by atoms with Crippen molar-refractivity contribution < 1.29 is 26.5 Å². The van der Waals surface area contributed by atoms with Crippen molar-refractivity contribution in [3.63, 3.8) is 0 Å². The lowest BCUT2D eigenvalue weighted by atomic mass is 9.48. The summed E-state index contributed by atoms with van der Waals surface area (Å²) >= 11 is 0. The lowest BCUT2D eigenvalue weighted by molar-refractivity contribution is -0.148. The van der Waals surface area contributed by atoms with E-state index < -0.39 is 21.8 Å². The molecule has 0 aliphatic heterocycles. The highest BCUT2D eigenvalue weighted by atomic mass is 32.2. The minimum Gasteiger partial charge on any atom is -0.299 e. The topological polar surface area (TPSA) is 71.4 Å². The monoisotopic (exact) mass is 308 g/mol. The van der Waals surface area contributed by atoms with E-state index in [0.29, 0.717) is 18.8 Å². The molecule has 7 heteroatoms. The van der Waals surface area contributed by atoms with Crippen molar-refractivity contribution >= 4 is 15.9 Å². The third-order valence-corrected chi connectivity index (χ3v) is 6.40. The Kier molecular flexibility index (Phi) is 3.04. The van der Waals surface area contributed by atoms with Gasteiger partial charge in [0.1, 0.15) is 5.78 Å². The summed E-state index contributed by atoms with van der Waals surface area (Å²) in [5.41, 5.74) is -0.321. The van der Waals surface area contributed by atoms with Crippen molar-refractivity contribution in [2.75, 3.05) is 0 Å². The fourth-order valence-corrected chi connectivity index (χ4v) is 5.11. The van der Waals surface area contributed by atoms with Crippen LogP contribution in [-0.4, -0.2) is 24.0 Å². The van der Waals surface area contributed by atoms with E-state index in [4.69, 9.17) is 4.55 Å². The Bertz CT molecular complexity index is 525. The number of halogens is 2. The average Bonchev–Trinajstić information content (AvgIpc) is 2.31. The van der Waals surface area contributed by atoms with Crippen LogP contribution in [0.25, 0.3) is 0 Å². The van der Waals surface area contributed by atoms with E-state index in [9.17, 15) is 22.0 Å². The smallest absolute Gasteiger partial charge is 0.299 e. The quantitative estimate of drug-likeness (QED) is 0.810. The van der Waals surface area contributed by atoms with E-state index in [1.54, 1.807) is 0 Å². The second-order valence-corrected chi connectivity index (χ2v) is 8.41. The third-order valence-electron chi connectivity index (χ3n) is 5.44. The number of carbonyl (C=O) groups is 1. The second-order valence-electron chi connectivity index (χ2n) is 6.86. The largest absolute Gasteiger partial charge is 0.370 e. The van der Waals surface area contributed by atoms with Crippen LogP contribution in [0.5, 0.6) is 0 Å². The van der Waals surface area contributed by atoms with Crippen molar-refractivity contribution in [1.29, 1.82) is 0 Å². The van der Waals surface area contributed by atoms with Gasteiger partial charge in [-0.2, -0.15) is 17.2 Å². The summed E-state index contributed by atoms with van der Waals surface area (Å²) in [4.78, 5) is 12.0. The zero-order valence-corrected chi connectivity index (χ0v) is 11.8. The number of hydrogen-bond acceptors (Lipinski definition) is 3. The minimum atomic E-state index is -5.35. The number of Topliss-reactive ketones (excluding diaryl/α,β-unsaturated/α-hetero) is 1. The number of ketones is 1. The molecule has 0 heterocycles. The maximum atomic E-state index is 13.4. The van der Waals surface area contributed by atoms with Crippen LogP contribution < -0.4 is 0 Å². The molecule has 0 aromatic rings. The Morgan fingerprint density at radius 2 is 1.75 bits per heavy atom. The molecule has 4 fully saturated rings. The summed E-state index contributed by atoms with van der Waals surface area (Å²) in [7, 11) is -5.35. The molecule has 20 heavy (non-hydrogen) atoms. The van der Waals surface area contributed by atoms with Crippen molar-refractivity contribution in [2.45, 2.75) is 50.2 Å². The Hall–Kier alpha value is -0.560. The molecule has 0 amide bonds. The molecule has 2 atom stereocenters. The van der Waals surface area contributed by atoms with Gasteiger partial charge in [0, 0.05) is 18.3 Å². The van der Waals surface area contributed by atoms with Gasteiger partial charge in [-0.1, -0.05) is 0 Å². The number of alkyl halides is 2. The maximum absolute atomic E-state index is 13.4. The minimum absolute atomic E-state index is 0.0133. The van der Waals surface area contributed by atoms with Gasteiger partial charge >= 0.3 is 15.4 Å². The second kappa shape index (κ2) is 4.22. The predicted molar refractivity (Wildman–Crippen MR) is 66.7 cm³/mol. The molecule has 4 aliphatic carbocycles. The molecular weight excluding hydrogens is 290 g/mol. The summed E-state index contributed by atoms with van der Waals surface area (Å²) < 4.78 is 56.7. The van der Waals surface area contributed by atoms with E-state index in [1.807, 2.05) is 0 Å². The van der Waals surface area contributed by atoms with Crippen LogP contribution in [0.15, 0.2) is 0 Å². The molecule has 114 valence electrons. The Morgan fingerprint density at radius 1 is 1.20 bits per heavy atom. The average molecular weight is 308 g/mol.